The van der Waals surface area contributed by atoms with Gasteiger partial charge in [0.1, 0.15) is 0 Å². The minimum Gasteiger partial charge on any atom is -0.459 e. The molecule has 8 heteroatoms. The molecule has 0 aliphatic rings. The fourth-order valence-electron chi connectivity index (χ4n) is 2.66. The van der Waals surface area contributed by atoms with Gasteiger partial charge < -0.3 is 25.1 Å². The number of ether oxygens (including phenoxy) is 1. The van der Waals surface area contributed by atoms with E-state index in [0.717, 1.165) is 44.1 Å². The van der Waals surface area contributed by atoms with Crippen LogP contribution in [0, 0.1) is 12.8 Å². The van der Waals surface area contributed by atoms with Gasteiger partial charge in [-0.15, -0.1) is 24.0 Å². The van der Waals surface area contributed by atoms with Gasteiger partial charge in [-0.1, -0.05) is 13.8 Å². The predicted molar refractivity (Wildman–Crippen MR) is 125 cm³/mol. The molecule has 0 fully saturated rings. The summed E-state index contributed by atoms with van der Waals surface area (Å²) in [6.45, 7) is 13.8. The van der Waals surface area contributed by atoms with Gasteiger partial charge in [-0.3, -0.25) is 9.79 Å². The Morgan fingerprint density at radius 1 is 1.21 bits per heavy atom. The molecule has 3 N–H and O–H groups in total. The predicted octanol–water partition coefficient (Wildman–Crippen LogP) is 3.33. The summed E-state index contributed by atoms with van der Waals surface area (Å²) in [5.41, 5.74) is 0.843. The van der Waals surface area contributed by atoms with E-state index >= 15 is 0 Å². The molecular formula is C20H37IN4O3. The molecule has 162 valence electrons. The van der Waals surface area contributed by atoms with Gasteiger partial charge in [-0.05, 0) is 45.6 Å². The number of nitrogens with one attached hydrogen (secondary N) is 3. The lowest BCUT2D eigenvalue weighted by Crippen LogP contribution is -2.39. The molecule has 0 aromatic carbocycles. The van der Waals surface area contributed by atoms with Gasteiger partial charge in [0.15, 0.2) is 11.7 Å². The smallest absolute Gasteiger partial charge is 0.287 e. The van der Waals surface area contributed by atoms with E-state index in [2.05, 4.69) is 34.8 Å². The molecule has 28 heavy (non-hydrogen) atoms. The summed E-state index contributed by atoms with van der Waals surface area (Å²) in [7, 11) is 0. The molecule has 0 aliphatic heterocycles. The van der Waals surface area contributed by atoms with Crippen molar-refractivity contribution in [3.8, 4) is 0 Å². The average molecular weight is 508 g/mol. The Balaban J connectivity index is 0.00000729. The van der Waals surface area contributed by atoms with Crippen LogP contribution in [-0.2, 0) is 4.74 Å². The Morgan fingerprint density at radius 2 is 1.96 bits per heavy atom. The van der Waals surface area contributed by atoms with Gasteiger partial charge >= 0.3 is 0 Å². The Labute approximate surface area is 186 Å². The minimum atomic E-state index is -0.179. The number of aliphatic imine (C=N–C) groups is 1. The van der Waals surface area contributed by atoms with Gasteiger partial charge in [0.2, 0.25) is 0 Å². The van der Waals surface area contributed by atoms with Crippen LogP contribution in [0.3, 0.4) is 0 Å². The summed E-state index contributed by atoms with van der Waals surface area (Å²) in [6.07, 6.45) is 3.48. The molecule has 1 heterocycles. The summed E-state index contributed by atoms with van der Waals surface area (Å²) in [4.78, 5) is 16.5. The van der Waals surface area contributed by atoms with E-state index in [1.165, 1.54) is 6.26 Å². The van der Waals surface area contributed by atoms with Crippen LogP contribution in [0.15, 0.2) is 21.7 Å². The Hall–Kier alpha value is -1.29. The van der Waals surface area contributed by atoms with Crippen molar-refractivity contribution in [3.63, 3.8) is 0 Å². The quantitative estimate of drug-likeness (QED) is 0.175. The van der Waals surface area contributed by atoms with Crippen molar-refractivity contribution in [1.29, 1.82) is 0 Å². The second-order valence-corrected chi connectivity index (χ2v) is 6.76. The van der Waals surface area contributed by atoms with Crippen LogP contribution in [-0.4, -0.2) is 50.8 Å². The highest BCUT2D eigenvalue weighted by Gasteiger charge is 2.13. The summed E-state index contributed by atoms with van der Waals surface area (Å²) in [6, 6.07) is 1.78. The van der Waals surface area contributed by atoms with Gasteiger partial charge in [0.25, 0.3) is 5.91 Å². The third kappa shape index (κ3) is 10.3. The van der Waals surface area contributed by atoms with E-state index in [9.17, 15) is 4.79 Å². The van der Waals surface area contributed by atoms with E-state index in [-0.39, 0.29) is 36.0 Å². The molecule has 0 bridgehead atoms. The van der Waals surface area contributed by atoms with Gasteiger partial charge in [0, 0.05) is 38.3 Å². The van der Waals surface area contributed by atoms with Crippen LogP contribution in [0.4, 0.5) is 0 Å². The van der Waals surface area contributed by atoms with Crippen LogP contribution in [0.1, 0.15) is 56.7 Å². The molecule has 0 spiro atoms. The average Bonchev–Trinajstić information content (AvgIpc) is 3.06. The number of hydrogen-bond donors (Lipinski definition) is 3. The summed E-state index contributed by atoms with van der Waals surface area (Å²) < 4.78 is 11.0. The van der Waals surface area contributed by atoms with E-state index in [1.807, 2.05) is 20.8 Å². The fraction of sp³-hybridized carbons (Fsp3) is 0.700. The lowest BCUT2D eigenvalue weighted by Gasteiger charge is -2.21. The summed E-state index contributed by atoms with van der Waals surface area (Å²) in [5, 5.41) is 9.45. The van der Waals surface area contributed by atoms with Crippen LogP contribution >= 0.6 is 24.0 Å². The van der Waals surface area contributed by atoms with Gasteiger partial charge in [0.05, 0.1) is 12.4 Å². The van der Waals surface area contributed by atoms with Crippen molar-refractivity contribution in [1.82, 2.24) is 16.0 Å². The number of guanidine groups is 1. The highest BCUT2D eigenvalue weighted by molar-refractivity contribution is 14.0. The third-order valence-electron chi connectivity index (χ3n) is 4.15. The number of rotatable bonds is 12. The Morgan fingerprint density at radius 3 is 2.54 bits per heavy atom. The molecule has 7 nitrogen and oxygen atoms in total. The maximum absolute atomic E-state index is 12.0. The van der Waals surface area contributed by atoms with Crippen molar-refractivity contribution < 1.29 is 13.9 Å². The molecule has 0 radical (unpaired) electrons. The first kappa shape index (κ1) is 26.7. The number of amides is 1. The largest absolute Gasteiger partial charge is 0.459 e. The second-order valence-electron chi connectivity index (χ2n) is 6.76. The van der Waals surface area contributed by atoms with Crippen LogP contribution in [0.5, 0.6) is 0 Å². The monoisotopic (exact) mass is 508 g/mol. The lowest BCUT2D eigenvalue weighted by molar-refractivity contribution is 0.0258. The van der Waals surface area contributed by atoms with Crippen molar-refractivity contribution in [2.45, 2.75) is 53.6 Å². The standard InChI is InChI=1S/C20H36N4O3.HI/c1-6-21-20(24-13-9-17(15(3)4)26-7-2)23-12-8-11-22-19(25)18-16(5)10-14-27-18;/h10,14-15,17H,6-9,11-13H2,1-5H3,(H,22,25)(H2,21,23,24);1H. The normalized spacial score (nSPS) is 12.4. The number of halogens is 1. The van der Waals surface area contributed by atoms with E-state index in [1.54, 1.807) is 6.07 Å². The minimum absolute atomic E-state index is 0. The molecule has 0 saturated carbocycles. The van der Waals surface area contributed by atoms with E-state index < -0.39 is 0 Å². The van der Waals surface area contributed by atoms with Gasteiger partial charge in [-0.25, -0.2) is 0 Å². The molecule has 1 unspecified atom stereocenters. The molecule has 0 aliphatic carbocycles. The molecular weight excluding hydrogens is 471 g/mol. The molecule has 1 atom stereocenters. The first-order valence-electron chi connectivity index (χ1n) is 9.95. The number of carbonyl (C=O) groups is 1. The first-order valence-corrected chi connectivity index (χ1v) is 9.95. The summed E-state index contributed by atoms with van der Waals surface area (Å²) in [5.74, 6) is 1.49. The number of aryl methyl sites for hydroxylation is 1. The highest BCUT2D eigenvalue weighted by Crippen LogP contribution is 2.10. The van der Waals surface area contributed by atoms with Crippen LogP contribution in [0.2, 0.25) is 0 Å². The lowest BCUT2D eigenvalue weighted by atomic mass is 10.0. The highest BCUT2D eigenvalue weighted by atomic mass is 127. The zero-order valence-corrected chi connectivity index (χ0v) is 20.2. The summed E-state index contributed by atoms with van der Waals surface area (Å²) >= 11 is 0. The van der Waals surface area contributed by atoms with E-state index in [4.69, 9.17) is 9.15 Å². The second kappa shape index (κ2) is 15.6. The van der Waals surface area contributed by atoms with Crippen molar-refractivity contribution in [2.24, 2.45) is 10.9 Å². The molecule has 0 saturated heterocycles. The van der Waals surface area contributed by atoms with Gasteiger partial charge in [-0.2, -0.15) is 0 Å². The van der Waals surface area contributed by atoms with E-state index in [0.29, 0.717) is 24.8 Å². The van der Waals surface area contributed by atoms with Crippen molar-refractivity contribution in [2.75, 3.05) is 32.8 Å². The molecule has 1 aromatic rings. The maximum Gasteiger partial charge on any atom is 0.287 e. The number of hydrogen-bond acceptors (Lipinski definition) is 4. The molecule has 1 amide bonds. The SMILES string of the molecule is CCNC(=NCCCNC(=O)c1occc1C)NCCC(OCC)C(C)C.I. The van der Waals surface area contributed by atoms with Crippen LogP contribution < -0.4 is 16.0 Å². The van der Waals surface area contributed by atoms with Crippen LogP contribution in [0.25, 0.3) is 0 Å². The molecule has 1 rings (SSSR count). The maximum atomic E-state index is 12.0. The number of furan rings is 1. The number of carbonyl (C=O) groups excluding carboxylic acids is 1. The number of nitrogens with zero attached hydrogens (tertiary/aromatic N) is 1. The Bertz CT molecular complexity index is 576. The zero-order valence-electron chi connectivity index (χ0n) is 17.8. The fourth-order valence-corrected chi connectivity index (χ4v) is 2.66. The third-order valence-corrected chi connectivity index (χ3v) is 4.15. The topological polar surface area (TPSA) is 87.9 Å². The van der Waals surface area contributed by atoms with Crippen molar-refractivity contribution >= 4 is 35.8 Å². The van der Waals surface area contributed by atoms with Crippen molar-refractivity contribution in [3.05, 3.63) is 23.7 Å². The Kier molecular flexibility index (Phi) is 14.9. The zero-order chi connectivity index (χ0) is 20.1. The molecule has 1 aromatic heterocycles. The first-order chi connectivity index (χ1) is 13.0.